The Morgan fingerprint density at radius 1 is 1.41 bits per heavy atom. The maximum Gasteiger partial charge on any atom is 0.272 e. The van der Waals surface area contributed by atoms with Crippen LogP contribution < -0.4 is 5.32 Å². The molecule has 1 aliphatic heterocycles. The van der Waals surface area contributed by atoms with Crippen molar-refractivity contribution in [2.75, 3.05) is 18.4 Å². The first-order valence-electron chi connectivity index (χ1n) is 7.60. The van der Waals surface area contributed by atoms with Crippen molar-refractivity contribution in [3.8, 4) is 0 Å². The standard InChI is InChI=1S/C16H20N4O2/c1-12-4-6-20(7-5-12)16(21)14-9-15(19-11-18-14)17-10-13-3-2-8-22-13/h2-3,8-9,11-12H,4-7,10H2,1H3,(H,17,18,19). The zero-order valence-electron chi connectivity index (χ0n) is 12.7. The third-order valence-electron chi connectivity index (χ3n) is 3.98. The molecule has 1 aliphatic rings. The molecular weight excluding hydrogens is 280 g/mol. The number of likely N-dealkylation sites (tertiary alicyclic amines) is 1. The normalized spacial score (nSPS) is 15.8. The number of nitrogens with zero attached hydrogens (tertiary/aromatic N) is 3. The van der Waals surface area contributed by atoms with E-state index < -0.39 is 0 Å². The van der Waals surface area contributed by atoms with Gasteiger partial charge in [0, 0.05) is 19.2 Å². The molecule has 1 fully saturated rings. The van der Waals surface area contributed by atoms with Crippen LogP contribution in [-0.4, -0.2) is 33.9 Å². The molecule has 0 aliphatic carbocycles. The van der Waals surface area contributed by atoms with Gasteiger partial charge in [0.25, 0.3) is 5.91 Å². The van der Waals surface area contributed by atoms with Crippen LogP contribution in [0.2, 0.25) is 0 Å². The number of carbonyl (C=O) groups excluding carboxylic acids is 1. The minimum absolute atomic E-state index is 0.0182. The number of hydrogen-bond acceptors (Lipinski definition) is 5. The first kappa shape index (κ1) is 14.6. The van der Waals surface area contributed by atoms with E-state index in [-0.39, 0.29) is 5.91 Å². The van der Waals surface area contributed by atoms with Crippen LogP contribution in [-0.2, 0) is 6.54 Å². The number of hydrogen-bond donors (Lipinski definition) is 1. The summed E-state index contributed by atoms with van der Waals surface area (Å²) in [6.45, 7) is 4.36. The zero-order valence-corrected chi connectivity index (χ0v) is 12.7. The predicted octanol–water partition coefficient (Wildman–Crippen LogP) is 2.55. The summed E-state index contributed by atoms with van der Waals surface area (Å²) in [5.41, 5.74) is 0.437. The monoisotopic (exact) mass is 300 g/mol. The van der Waals surface area contributed by atoms with E-state index >= 15 is 0 Å². The molecule has 2 aromatic rings. The van der Waals surface area contributed by atoms with E-state index in [0.29, 0.717) is 24.0 Å². The highest BCUT2D eigenvalue weighted by Crippen LogP contribution is 2.18. The quantitative estimate of drug-likeness (QED) is 0.939. The summed E-state index contributed by atoms with van der Waals surface area (Å²) >= 11 is 0. The number of rotatable bonds is 4. The Hall–Kier alpha value is -2.37. The lowest BCUT2D eigenvalue weighted by atomic mass is 9.99. The Balaban J connectivity index is 1.64. The summed E-state index contributed by atoms with van der Waals surface area (Å²) in [4.78, 5) is 22.6. The molecule has 0 aromatic carbocycles. The lowest BCUT2D eigenvalue weighted by molar-refractivity contribution is 0.0691. The van der Waals surface area contributed by atoms with Crippen molar-refractivity contribution >= 4 is 11.7 Å². The van der Waals surface area contributed by atoms with Crippen molar-refractivity contribution in [2.24, 2.45) is 5.92 Å². The van der Waals surface area contributed by atoms with Gasteiger partial charge in [-0.25, -0.2) is 9.97 Å². The smallest absolute Gasteiger partial charge is 0.272 e. The molecule has 6 heteroatoms. The highest BCUT2D eigenvalue weighted by molar-refractivity contribution is 5.92. The van der Waals surface area contributed by atoms with Gasteiger partial charge >= 0.3 is 0 Å². The Morgan fingerprint density at radius 2 is 2.23 bits per heavy atom. The van der Waals surface area contributed by atoms with Crippen molar-refractivity contribution < 1.29 is 9.21 Å². The Bertz CT molecular complexity index is 619. The van der Waals surface area contributed by atoms with Crippen molar-refractivity contribution in [2.45, 2.75) is 26.3 Å². The van der Waals surface area contributed by atoms with Crippen LogP contribution in [0.15, 0.2) is 35.2 Å². The third-order valence-corrected chi connectivity index (χ3v) is 3.98. The molecule has 1 saturated heterocycles. The first-order valence-corrected chi connectivity index (χ1v) is 7.60. The molecule has 2 aromatic heterocycles. The number of amides is 1. The fourth-order valence-corrected chi connectivity index (χ4v) is 2.54. The predicted molar refractivity (Wildman–Crippen MR) is 82.4 cm³/mol. The largest absolute Gasteiger partial charge is 0.467 e. The molecule has 3 rings (SSSR count). The zero-order chi connectivity index (χ0) is 15.4. The molecule has 0 atom stereocenters. The van der Waals surface area contributed by atoms with Crippen LogP contribution in [0.25, 0.3) is 0 Å². The van der Waals surface area contributed by atoms with Crippen LogP contribution >= 0.6 is 0 Å². The van der Waals surface area contributed by atoms with Crippen molar-refractivity contribution in [1.29, 1.82) is 0 Å². The second kappa shape index (κ2) is 6.60. The summed E-state index contributed by atoms with van der Waals surface area (Å²) in [5, 5.41) is 3.14. The molecule has 1 amide bonds. The van der Waals surface area contributed by atoms with Crippen molar-refractivity contribution in [3.05, 3.63) is 42.2 Å². The number of anilines is 1. The van der Waals surface area contributed by atoms with Crippen molar-refractivity contribution in [3.63, 3.8) is 0 Å². The topological polar surface area (TPSA) is 71.3 Å². The molecule has 22 heavy (non-hydrogen) atoms. The molecule has 0 bridgehead atoms. The van der Waals surface area contributed by atoms with Crippen LogP contribution in [0.5, 0.6) is 0 Å². The molecular formula is C16H20N4O2. The van der Waals surface area contributed by atoms with Crippen LogP contribution in [0.1, 0.15) is 36.0 Å². The van der Waals surface area contributed by atoms with Crippen LogP contribution in [0.3, 0.4) is 0 Å². The Labute approximate surface area is 129 Å². The highest BCUT2D eigenvalue weighted by Gasteiger charge is 2.22. The first-order chi connectivity index (χ1) is 10.7. The molecule has 116 valence electrons. The number of carbonyl (C=O) groups is 1. The van der Waals surface area contributed by atoms with Gasteiger partial charge in [0.05, 0.1) is 12.8 Å². The van der Waals surface area contributed by atoms with Gasteiger partial charge in [0.15, 0.2) is 0 Å². The van der Waals surface area contributed by atoms with Gasteiger partial charge in [-0.2, -0.15) is 0 Å². The molecule has 1 N–H and O–H groups in total. The Morgan fingerprint density at radius 3 is 2.95 bits per heavy atom. The van der Waals surface area contributed by atoms with Gasteiger partial charge < -0.3 is 14.6 Å². The molecule has 6 nitrogen and oxygen atoms in total. The van der Waals surface area contributed by atoms with E-state index in [2.05, 4.69) is 22.2 Å². The molecule has 3 heterocycles. The van der Waals surface area contributed by atoms with Gasteiger partial charge in [0.1, 0.15) is 23.6 Å². The minimum Gasteiger partial charge on any atom is -0.467 e. The fraction of sp³-hybridized carbons (Fsp3) is 0.438. The number of nitrogens with one attached hydrogen (secondary N) is 1. The lowest BCUT2D eigenvalue weighted by Gasteiger charge is -2.30. The fourth-order valence-electron chi connectivity index (χ4n) is 2.54. The van der Waals surface area contributed by atoms with Gasteiger partial charge in [-0.1, -0.05) is 6.92 Å². The summed E-state index contributed by atoms with van der Waals surface area (Å²) in [5.74, 6) is 2.12. The summed E-state index contributed by atoms with van der Waals surface area (Å²) in [6, 6.07) is 5.42. The highest BCUT2D eigenvalue weighted by atomic mass is 16.3. The maximum absolute atomic E-state index is 12.5. The maximum atomic E-state index is 12.5. The number of aromatic nitrogens is 2. The van der Waals surface area contributed by atoms with Gasteiger partial charge in [-0.15, -0.1) is 0 Å². The Kier molecular flexibility index (Phi) is 4.37. The minimum atomic E-state index is -0.0182. The summed E-state index contributed by atoms with van der Waals surface area (Å²) in [7, 11) is 0. The second-order valence-electron chi connectivity index (χ2n) is 5.70. The van der Waals surface area contributed by atoms with E-state index in [1.807, 2.05) is 17.0 Å². The SMILES string of the molecule is CC1CCN(C(=O)c2cc(NCc3ccco3)ncn2)CC1. The van der Waals surface area contributed by atoms with Gasteiger partial charge in [-0.05, 0) is 30.9 Å². The van der Waals surface area contributed by atoms with E-state index in [1.165, 1.54) is 6.33 Å². The van der Waals surface area contributed by atoms with Crippen LogP contribution in [0.4, 0.5) is 5.82 Å². The van der Waals surface area contributed by atoms with E-state index in [9.17, 15) is 4.79 Å². The lowest BCUT2D eigenvalue weighted by Crippen LogP contribution is -2.38. The van der Waals surface area contributed by atoms with E-state index in [1.54, 1.807) is 12.3 Å². The second-order valence-corrected chi connectivity index (χ2v) is 5.70. The van der Waals surface area contributed by atoms with E-state index in [0.717, 1.165) is 31.7 Å². The van der Waals surface area contributed by atoms with Crippen molar-refractivity contribution in [1.82, 2.24) is 14.9 Å². The molecule has 0 unspecified atom stereocenters. The van der Waals surface area contributed by atoms with E-state index in [4.69, 9.17) is 4.42 Å². The average Bonchev–Trinajstić information content (AvgIpc) is 3.07. The van der Waals surface area contributed by atoms with Crippen LogP contribution in [0, 0.1) is 5.92 Å². The number of piperidine rings is 1. The molecule has 0 saturated carbocycles. The summed E-state index contributed by atoms with van der Waals surface area (Å²) in [6.07, 6.45) is 5.16. The number of furan rings is 1. The summed E-state index contributed by atoms with van der Waals surface area (Å²) < 4.78 is 5.26. The van der Waals surface area contributed by atoms with Gasteiger partial charge in [0.2, 0.25) is 0 Å². The molecule has 0 spiro atoms. The average molecular weight is 300 g/mol. The van der Waals surface area contributed by atoms with Gasteiger partial charge in [-0.3, -0.25) is 4.79 Å². The third kappa shape index (κ3) is 3.44. The molecule has 0 radical (unpaired) electrons.